The van der Waals surface area contributed by atoms with Crippen molar-refractivity contribution in [3.8, 4) is 6.07 Å². The molecular formula is C7H5N5. The average molecular weight is 159 g/mol. The van der Waals surface area contributed by atoms with E-state index in [1.54, 1.807) is 11.9 Å². The van der Waals surface area contributed by atoms with Gasteiger partial charge in [0.05, 0.1) is 4.80 Å². The lowest BCUT2D eigenvalue weighted by Crippen LogP contribution is -2.40. The summed E-state index contributed by atoms with van der Waals surface area (Å²) in [6.07, 6.45) is 3.06. The lowest BCUT2D eigenvalue weighted by molar-refractivity contribution is -0.702. The number of hydrogen-bond donors (Lipinski definition) is 0. The van der Waals surface area contributed by atoms with Gasteiger partial charge in [-0.1, -0.05) is 0 Å². The lowest BCUT2D eigenvalue weighted by atomic mass is 10.4. The molecule has 0 aliphatic carbocycles. The molecular weight excluding hydrogens is 154 g/mol. The summed E-state index contributed by atoms with van der Waals surface area (Å²) < 4.78 is 0. The van der Waals surface area contributed by atoms with Crippen LogP contribution in [0.25, 0.3) is 11.1 Å². The van der Waals surface area contributed by atoms with Gasteiger partial charge in [-0.2, -0.15) is 11.1 Å². The molecule has 0 saturated heterocycles. The fourth-order valence-electron chi connectivity index (χ4n) is 0.585. The summed E-state index contributed by atoms with van der Waals surface area (Å²) in [4.78, 5) is 0.993. The van der Waals surface area contributed by atoms with Crippen molar-refractivity contribution in [3.63, 3.8) is 0 Å². The molecule has 1 aromatic rings. The fraction of sp³-hybridized carbons (Fsp3) is 0.143. The van der Waals surface area contributed by atoms with E-state index in [1.807, 2.05) is 6.92 Å². The summed E-state index contributed by atoms with van der Waals surface area (Å²) in [5.41, 5.74) is 0.733. The number of hydrogen-bond acceptors (Lipinski definition) is 3. The third-order valence-corrected chi connectivity index (χ3v) is 1.15. The monoisotopic (exact) mass is 159 g/mol. The number of allylic oxidation sites excluding steroid dienone is 1. The topological polar surface area (TPSA) is 75.8 Å². The first-order valence-corrected chi connectivity index (χ1v) is 3.16. The van der Waals surface area contributed by atoms with Crippen LogP contribution in [-0.4, -0.2) is 16.1 Å². The molecule has 1 heterocycles. The Balaban J connectivity index is 3.15. The smallest absolute Gasteiger partial charge is 0.364 e. The minimum Gasteiger partial charge on any atom is -0.757 e. The Bertz CT molecular complexity index is 366. The van der Waals surface area contributed by atoms with Crippen LogP contribution < -0.4 is 4.80 Å². The van der Waals surface area contributed by atoms with Gasteiger partial charge in [-0.05, 0) is 12.5 Å². The molecule has 0 aliphatic rings. The highest BCUT2D eigenvalue weighted by Gasteiger charge is 2.09. The molecule has 0 atom stereocenters. The molecule has 0 unspecified atom stereocenters. The number of aromatic nitrogens is 3. The summed E-state index contributed by atoms with van der Waals surface area (Å²) in [5.74, 6) is 1.68. The summed E-state index contributed by atoms with van der Waals surface area (Å²) >= 11 is 0. The predicted octanol–water partition coefficient (Wildman–Crippen LogP) is -0.324. The Morgan fingerprint density at radius 1 is 1.58 bits per heavy atom. The van der Waals surface area contributed by atoms with E-state index in [0.717, 1.165) is 10.4 Å². The Kier molecular flexibility index (Phi) is 2.26. The van der Waals surface area contributed by atoms with E-state index in [-0.39, 0.29) is 5.70 Å². The van der Waals surface area contributed by atoms with Crippen LogP contribution in [-0.2, 0) is 0 Å². The summed E-state index contributed by atoms with van der Waals surface area (Å²) in [7, 11) is 0. The van der Waals surface area contributed by atoms with Gasteiger partial charge in [0.15, 0.2) is 6.07 Å². The first-order chi connectivity index (χ1) is 5.77. The summed E-state index contributed by atoms with van der Waals surface area (Å²) in [5, 5.41) is 24.4. The van der Waals surface area contributed by atoms with Gasteiger partial charge >= 0.3 is 5.70 Å². The fourth-order valence-corrected chi connectivity index (χ4v) is 0.585. The standard InChI is InChI=1S/C7H5N5/c1-6-4-10-12(11-5-6)7(2-8)3-9/h4-5H,1H3. The predicted molar refractivity (Wildman–Crippen MR) is 40.6 cm³/mol. The minimum atomic E-state index is -0.144. The molecule has 5 nitrogen and oxygen atoms in total. The van der Waals surface area contributed by atoms with E-state index in [1.165, 1.54) is 12.4 Å². The molecule has 0 saturated carbocycles. The third-order valence-electron chi connectivity index (χ3n) is 1.15. The maximum absolute atomic E-state index is 8.44. The first kappa shape index (κ1) is 8.05. The molecule has 0 amide bonds. The second-order valence-corrected chi connectivity index (χ2v) is 2.09. The molecule has 0 radical (unpaired) electrons. The van der Waals surface area contributed by atoms with Crippen LogP contribution in [0.15, 0.2) is 12.4 Å². The van der Waals surface area contributed by atoms with Gasteiger partial charge in [-0.15, -0.1) is 0 Å². The molecule has 0 bridgehead atoms. The van der Waals surface area contributed by atoms with Gasteiger partial charge in [-0.3, -0.25) is 0 Å². The van der Waals surface area contributed by atoms with Crippen molar-refractivity contribution in [1.29, 1.82) is 5.26 Å². The van der Waals surface area contributed by atoms with Crippen molar-refractivity contribution >= 4 is 11.6 Å². The van der Waals surface area contributed by atoms with Crippen LogP contribution in [0.4, 0.5) is 0 Å². The van der Waals surface area contributed by atoms with Crippen molar-refractivity contribution in [2.24, 2.45) is 0 Å². The van der Waals surface area contributed by atoms with E-state index in [9.17, 15) is 0 Å². The molecule has 0 fully saturated rings. The zero-order chi connectivity index (χ0) is 8.97. The maximum Gasteiger partial charge on any atom is 0.364 e. The quantitative estimate of drug-likeness (QED) is 0.320. The number of rotatable bonds is 1. The van der Waals surface area contributed by atoms with Crippen LogP contribution in [0.1, 0.15) is 5.56 Å². The van der Waals surface area contributed by atoms with Crippen LogP contribution in [0.5, 0.6) is 0 Å². The van der Waals surface area contributed by atoms with Crippen molar-refractivity contribution in [3.05, 3.63) is 23.4 Å². The molecule has 1 aromatic heterocycles. The lowest BCUT2D eigenvalue weighted by Gasteiger charge is -1.85. The van der Waals surface area contributed by atoms with E-state index in [4.69, 9.17) is 10.7 Å². The van der Waals surface area contributed by atoms with Gasteiger partial charge in [0, 0.05) is 10.2 Å². The third kappa shape index (κ3) is 1.51. The van der Waals surface area contributed by atoms with E-state index >= 15 is 0 Å². The molecule has 0 aromatic carbocycles. The van der Waals surface area contributed by atoms with Crippen molar-refractivity contribution < 1.29 is 4.80 Å². The van der Waals surface area contributed by atoms with Crippen LogP contribution in [0, 0.1) is 18.3 Å². The van der Waals surface area contributed by atoms with Gasteiger partial charge in [0.25, 0.3) is 0 Å². The Morgan fingerprint density at radius 2 is 2.17 bits per heavy atom. The Labute approximate surface area is 69.1 Å². The normalized spacial score (nSPS) is 8.33. The van der Waals surface area contributed by atoms with Crippen LogP contribution >= 0.6 is 0 Å². The van der Waals surface area contributed by atoms with Gasteiger partial charge in [-0.25, -0.2) is 0 Å². The zero-order valence-electron chi connectivity index (χ0n) is 6.39. The molecule has 1 rings (SSSR count). The van der Waals surface area contributed by atoms with E-state index in [0.29, 0.717) is 0 Å². The van der Waals surface area contributed by atoms with Crippen molar-refractivity contribution in [2.75, 3.05) is 0 Å². The Hall–Kier alpha value is -2.05. The second kappa shape index (κ2) is 3.37. The highest BCUT2D eigenvalue weighted by Crippen LogP contribution is 1.85. The van der Waals surface area contributed by atoms with E-state index < -0.39 is 0 Å². The number of nitriles is 1. The van der Waals surface area contributed by atoms with Crippen LogP contribution in [0.3, 0.4) is 0 Å². The van der Waals surface area contributed by atoms with Crippen molar-refractivity contribution in [1.82, 2.24) is 10.2 Å². The molecule has 0 aliphatic heterocycles. The molecule has 12 heavy (non-hydrogen) atoms. The molecule has 5 heteroatoms. The average Bonchev–Trinajstić information content (AvgIpc) is 2.10. The molecule has 58 valence electrons. The number of nitrogens with zero attached hydrogens (tertiary/aromatic N) is 5. The van der Waals surface area contributed by atoms with Gasteiger partial charge in [0.1, 0.15) is 12.4 Å². The van der Waals surface area contributed by atoms with E-state index in [2.05, 4.69) is 10.2 Å². The maximum atomic E-state index is 8.44. The highest BCUT2D eigenvalue weighted by molar-refractivity contribution is 5.83. The van der Waals surface area contributed by atoms with Gasteiger partial charge in [0.2, 0.25) is 0 Å². The molecule has 0 spiro atoms. The summed E-state index contributed by atoms with van der Waals surface area (Å²) in [6.45, 7) is 1.82. The van der Waals surface area contributed by atoms with Crippen LogP contribution in [0.2, 0.25) is 0 Å². The largest absolute Gasteiger partial charge is 0.757 e. The molecule has 0 N–H and O–H groups in total. The Morgan fingerprint density at radius 3 is 2.58 bits per heavy atom. The zero-order valence-corrected chi connectivity index (χ0v) is 6.39. The number of aryl methyl sites for hydroxylation is 1. The minimum absolute atomic E-state index is 0.144. The second-order valence-electron chi connectivity index (χ2n) is 2.09. The summed E-state index contributed by atoms with van der Waals surface area (Å²) in [6, 6.07) is 1.68. The van der Waals surface area contributed by atoms with Gasteiger partial charge < -0.3 is 5.41 Å². The first-order valence-electron chi connectivity index (χ1n) is 3.16. The SMILES string of the molecule is Cc1cn[n+](C(=C=[N-])C#N)nc1. The van der Waals surface area contributed by atoms with Crippen molar-refractivity contribution in [2.45, 2.75) is 6.92 Å². The highest BCUT2D eigenvalue weighted by atomic mass is 15.4.